The van der Waals surface area contributed by atoms with Gasteiger partial charge in [-0.1, -0.05) is 23.2 Å². The molecule has 0 aliphatic rings. The average molecular weight is 352 g/mol. The van der Waals surface area contributed by atoms with Crippen molar-refractivity contribution in [1.82, 2.24) is 4.72 Å². The van der Waals surface area contributed by atoms with E-state index in [0.717, 1.165) is 12.1 Å². The molecule has 8 heteroatoms. The standard InChI is InChI=1S/C13H9Cl2F2NO2S/c14-9-3-8(4-10(15)5-9)7-18-21(19,20)13-2-1-11(16)6-12(13)17/h1-6,18H,7H2. The molecule has 0 aliphatic carbocycles. The Labute approximate surface area is 130 Å². The second kappa shape index (κ2) is 6.27. The Morgan fingerprint density at radius 2 is 1.62 bits per heavy atom. The van der Waals surface area contributed by atoms with Gasteiger partial charge in [0.1, 0.15) is 16.5 Å². The van der Waals surface area contributed by atoms with Crippen LogP contribution in [-0.4, -0.2) is 8.42 Å². The molecule has 21 heavy (non-hydrogen) atoms. The average Bonchev–Trinajstić information content (AvgIpc) is 2.35. The highest BCUT2D eigenvalue weighted by molar-refractivity contribution is 7.89. The van der Waals surface area contributed by atoms with Crippen LogP contribution in [-0.2, 0) is 16.6 Å². The van der Waals surface area contributed by atoms with Gasteiger partial charge < -0.3 is 0 Å². The van der Waals surface area contributed by atoms with Gasteiger partial charge in [-0.05, 0) is 35.9 Å². The molecular formula is C13H9Cl2F2NO2S. The summed E-state index contributed by atoms with van der Waals surface area (Å²) >= 11 is 11.6. The number of benzene rings is 2. The number of halogens is 4. The fourth-order valence-electron chi connectivity index (χ4n) is 1.66. The molecule has 0 unspecified atom stereocenters. The molecule has 0 spiro atoms. The van der Waals surface area contributed by atoms with Crippen molar-refractivity contribution in [2.75, 3.05) is 0 Å². The molecule has 0 fully saturated rings. The zero-order valence-corrected chi connectivity index (χ0v) is 12.7. The third-order valence-corrected chi connectivity index (χ3v) is 4.44. The molecule has 0 amide bonds. The monoisotopic (exact) mass is 351 g/mol. The zero-order chi connectivity index (χ0) is 15.6. The summed E-state index contributed by atoms with van der Waals surface area (Å²) in [6.07, 6.45) is 0. The molecule has 0 heterocycles. The predicted molar refractivity (Wildman–Crippen MR) is 76.8 cm³/mol. The first-order valence-corrected chi connectivity index (χ1v) is 7.91. The molecule has 3 nitrogen and oxygen atoms in total. The van der Waals surface area contributed by atoms with Gasteiger partial charge in [-0.2, -0.15) is 0 Å². The third kappa shape index (κ3) is 4.14. The zero-order valence-electron chi connectivity index (χ0n) is 10.4. The predicted octanol–water partition coefficient (Wildman–Crippen LogP) is 3.75. The SMILES string of the molecule is O=S(=O)(NCc1cc(Cl)cc(Cl)c1)c1ccc(F)cc1F. The lowest BCUT2D eigenvalue weighted by Crippen LogP contribution is -2.24. The van der Waals surface area contributed by atoms with Crippen LogP contribution in [0.1, 0.15) is 5.56 Å². The van der Waals surface area contributed by atoms with Crippen molar-refractivity contribution < 1.29 is 17.2 Å². The van der Waals surface area contributed by atoms with Crippen molar-refractivity contribution >= 4 is 33.2 Å². The number of nitrogens with one attached hydrogen (secondary N) is 1. The molecule has 2 rings (SSSR count). The molecule has 1 N–H and O–H groups in total. The van der Waals surface area contributed by atoms with Gasteiger partial charge in [-0.3, -0.25) is 0 Å². The largest absolute Gasteiger partial charge is 0.243 e. The fourth-order valence-corrected chi connectivity index (χ4v) is 3.31. The van der Waals surface area contributed by atoms with E-state index in [9.17, 15) is 17.2 Å². The first-order valence-electron chi connectivity index (χ1n) is 5.67. The summed E-state index contributed by atoms with van der Waals surface area (Å²) in [6.45, 7) is -0.126. The van der Waals surface area contributed by atoms with E-state index in [-0.39, 0.29) is 6.54 Å². The van der Waals surface area contributed by atoms with Gasteiger partial charge in [-0.15, -0.1) is 0 Å². The van der Waals surface area contributed by atoms with Crippen LogP contribution in [0.2, 0.25) is 10.0 Å². The summed E-state index contributed by atoms with van der Waals surface area (Å²) in [4.78, 5) is -0.628. The summed E-state index contributed by atoms with van der Waals surface area (Å²) in [5.41, 5.74) is 0.513. The van der Waals surface area contributed by atoms with Crippen molar-refractivity contribution in [3.63, 3.8) is 0 Å². The minimum atomic E-state index is -4.11. The van der Waals surface area contributed by atoms with E-state index in [2.05, 4.69) is 4.72 Å². The van der Waals surface area contributed by atoms with E-state index in [1.807, 2.05) is 0 Å². The Morgan fingerprint density at radius 3 is 2.19 bits per heavy atom. The Bertz CT molecular complexity index is 761. The van der Waals surface area contributed by atoms with E-state index in [1.54, 1.807) is 0 Å². The van der Waals surface area contributed by atoms with Crippen LogP contribution in [0.25, 0.3) is 0 Å². The van der Waals surface area contributed by atoms with Crippen LogP contribution >= 0.6 is 23.2 Å². The highest BCUT2D eigenvalue weighted by Crippen LogP contribution is 2.20. The van der Waals surface area contributed by atoms with Crippen molar-refractivity contribution in [1.29, 1.82) is 0 Å². The van der Waals surface area contributed by atoms with Gasteiger partial charge in [0.15, 0.2) is 0 Å². The Kier molecular flexibility index (Phi) is 4.83. The Hall–Kier alpha value is -1.21. The molecule has 0 radical (unpaired) electrons. The number of rotatable bonds is 4. The third-order valence-electron chi connectivity index (χ3n) is 2.57. The number of sulfonamides is 1. The molecule has 0 aliphatic heterocycles. The van der Waals surface area contributed by atoms with Crippen LogP contribution in [0.3, 0.4) is 0 Å². The van der Waals surface area contributed by atoms with Crippen molar-refractivity contribution in [3.05, 3.63) is 63.6 Å². The fraction of sp³-hybridized carbons (Fsp3) is 0.0769. The Morgan fingerprint density at radius 1 is 1.00 bits per heavy atom. The number of hydrogen-bond acceptors (Lipinski definition) is 2. The van der Waals surface area contributed by atoms with Crippen molar-refractivity contribution in [3.8, 4) is 0 Å². The molecule has 0 atom stereocenters. The normalized spacial score (nSPS) is 11.6. The highest BCUT2D eigenvalue weighted by atomic mass is 35.5. The Balaban J connectivity index is 2.21. The van der Waals surface area contributed by atoms with E-state index >= 15 is 0 Å². The summed E-state index contributed by atoms with van der Waals surface area (Å²) in [7, 11) is -4.11. The lowest BCUT2D eigenvalue weighted by atomic mass is 10.2. The van der Waals surface area contributed by atoms with Crippen molar-refractivity contribution in [2.24, 2.45) is 0 Å². The first kappa shape index (κ1) is 16.2. The van der Waals surface area contributed by atoms with Gasteiger partial charge in [0.25, 0.3) is 0 Å². The second-order valence-corrected chi connectivity index (χ2v) is 6.79. The van der Waals surface area contributed by atoms with E-state index in [4.69, 9.17) is 23.2 Å². The molecule has 2 aromatic rings. The quantitative estimate of drug-likeness (QED) is 0.911. The van der Waals surface area contributed by atoms with Gasteiger partial charge >= 0.3 is 0 Å². The van der Waals surface area contributed by atoms with E-state index < -0.39 is 26.6 Å². The highest BCUT2D eigenvalue weighted by Gasteiger charge is 2.19. The summed E-state index contributed by atoms with van der Waals surface area (Å²) in [5.74, 6) is -2.01. The topological polar surface area (TPSA) is 46.2 Å². The van der Waals surface area contributed by atoms with Crippen LogP contribution in [0.4, 0.5) is 8.78 Å². The maximum atomic E-state index is 13.5. The van der Waals surface area contributed by atoms with Gasteiger partial charge in [0, 0.05) is 22.7 Å². The first-order chi connectivity index (χ1) is 9.78. The van der Waals surface area contributed by atoms with Gasteiger partial charge in [-0.25, -0.2) is 21.9 Å². The van der Waals surface area contributed by atoms with Crippen LogP contribution < -0.4 is 4.72 Å². The minimum Gasteiger partial charge on any atom is -0.207 e. The van der Waals surface area contributed by atoms with Crippen molar-refractivity contribution in [2.45, 2.75) is 11.4 Å². The summed E-state index contributed by atoms with van der Waals surface area (Å²) in [5, 5.41) is 0.703. The molecule has 0 aromatic heterocycles. The molecule has 0 saturated carbocycles. The van der Waals surface area contributed by atoms with Gasteiger partial charge in [0.05, 0.1) is 0 Å². The van der Waals surface area contributed by atoms with E-state index in [1.165, 1.54) is 18.2 Å². The van der Waals surface area contributed by atoms with Crippen LogP contribution in [0.5, 0.6) is 0 Å². The van der Waals surface area contributed by atoms with Crippen LogP contribution in [0.15, 0.2) is 41.3 Å². The second-order valence-electron chi connectivity index (χ2n) is 4.18. The minimum absolute atomic E-state index is 0.126. The maximum absolute atomic E-state index is 13.5. The van der Waals surface area contributed by atoms with Crippen LogP contribution in [0, 0.1) is 11.6 Å². The lowest BCUT2D eigenvalue weighted by molar-refractivity contribution is 0.543. The molecule has 2 aromatic carbocycles. The van der Waals surface area contributed by atoms with E-state index in [0.29, 0.717) is 21.7 Å². The smallest absolute Gasteiger partial charge is 0.207 e. The maximum Gasteiger partial charge on any atom is 0.243 e. The van der Waals surface area contributed by atoms with Gasteiger partial charge in [0.2, 0.25) is 10.0 Å². The summed E-state index contributed by atoms with van der Waals surface area (Å²) < 4.78 is 52.4. The molecule has 0 bridgehead atoms. The number of hydrogen-bond donors (Lipinski definition) is 1. The summed E-state index contributed by atoms with van der Waals surface area (Å²) in [6, 6.07) is 6.78. The molecule has 112 valence electrons. The lowest BCUT2D eigenvalue weighted by Gasteiger charge is -2.08. The molecule has 0 saturated heterocycles. The molecular weight excluding hydrogens is 343 g/mol.